The molecule has 140 valence electrons. The minimum atomic E-state index is -0.671. The Kier molecular flexibility index (Phi) is 3.58. The van der Waals surface area contributed by atoms with Gasteiger partial charge in [-0.1, -0.05) is 18.9 Å². The minimum Gasteiger partial charge on any atom is -0.387 e. The lowest BCUT2D eigenvalue weighted by Crippen LogP contribution is -2.73. The fourth-order valence-electron chi connectivity index (χ4n) is 6.54. The van der Waals surface area contributed by atoms with Gasteiger partial charge in [-0.25, -0.2) is 0 Å². The number of primary amides is 1. The maximum absolute atomic E-state index is 12.1. The third-order valence-electron chi connectivity index (χ3n) is 8.14. The minimum absolute atomic E-state index is 0.200. The normalized spacial score (nSPS) is 37.5. The largest absolute Gasteiger partial charge is 0.387 e. The van der Waals surface area contributed by atoms with Crippen LogP contribution in [0, 0.1) is 5.92 Å². The van der Waals surface area contributed by atoms with E-state index in [4.69, 9.17) is 5.73 Å². The number of piperidine rings is 1. The number of rotatable bonds is 3. The number of likely N-dealkylation sites (tertiary alicyclic amines) is 1. The molecule has 1 unspecified atom stereocenters. The Morgan fingerprint density at radius 3 is 2.77 bits per heavy atom. The molecule has 2 saturated carbocycles. The van der Waals surface area contributed by atoms with E-state index in [1.54, 1.807) is 0 Å². The molecule has 0 radical (unpaired) electrons. The Labute approximate surface area is 155 Å². The van der Waals surface area contributed by atoms with Gasteiger partial charge in [0, 0.05) is 23.1 Å². The van der Waals surface area contributed by atoms with E-state index < -0.39 is 5.60 Å². The maximum atomic E-state index is 12.1. The van der Waals surface area contributed by atoms with Gasteiger partial charge < -0.3 is 10.8 Å². The SMILES string of the molecule is C[C@H](C1CC1)N1CC[C@]23CCCC[C@@]2(O)C1Cc1ccc(C(N)=O)cc13. The molecule has 1 amide bonds. The quantitative estimate of drug-likeness (QED) is 0.877. The van der Waals surface area contributed by atoms with E-state index in [2.05, 4.69) is 17.9 Å². The molecule has 1 aromatic rings. The van der Waals surface area contributed by atoms with E-state index in [-0.39, 0.29) is 17.4 Å². The van der Waals surface area contributed by atoms with Crippen LogP contribution in [0.15, 0.2) is 18.2 Å². The van der Waals surface area contributed by atoms with E-state index in [9.17, 15) is 9.90 Å². The van der Waals surface area contributed by atoms with Gasteiger partial charge in [0.2, 0.25) is 5.91 Å². The fraction of sp³-hybridized carbons (Fsp3) is 0.682. The third kappa shape index (κ3) is 2.12. The molecule has 1 heterocycles. The summed E-state index contributed by atoms with van der Waals surface area (Å²) in [4.78, 5) is 14.4. The highest BCUT2D eigenvalue weighted by atomic mass is 16.3. The Balaban J connectivity index is 1.64. The summed E-state index contributed by atoms with van der Waals surface area (Å²) in [6, 6.07) is 6.75. The van der Waals surface area contributed by atoms with Crippen molar-refractivity contribution in [1.82, 2.24) is 4.90 Å². The second-order valence-electron chi connectivity index (χ2n) is 9.24. The van der Waals surface area contributed by atoms with Crippen LogP contribution in [0.25, 0.3) is 0 Å². The highest BCUT2D eigenvalue weighted by molar-refractivity contribution is 5.93. The highest BCUT2D eigenvalue weighted by Gasteiger charge is 2.64. The van der Waals surface area contributed by atoms with Crippen LogP contribution in [0.5, 0.6) is 0 Å². The summed E-state index contributed by atoms with van der Waals surface area (Å²) in [5.74, 6) is 0.443. The van der Waals surface area contributed by atoms with Gasteiger partial charge >= 0.3 is 0 Å². The van der Waals surface area contributed by atoms with Crippen LogP contribution >= 0.6 is 0 Å². The molecular weight excluding hydrogens is 324 g/mol. The summed E-state index contributed by atoms with van der Waals surface area (Å²) in [7, 11) is 0. The average Bonchev–Trinajstić information content (AvgIpc) is 3.45. The topological polar surface area (TPSA) is 66.6 Å². The second-order valence-corrected chi connectivity index (χ2v) is 9.24. The van der Waals surface area contributed by atoms with Gasteiger partial charge in [-0.2, -0.15) is 0 Å². The van der Waals surface area contributed by atoms with E-state index in [0.29, 0.717) is 11.6 Å². The maximum Gasteiger partial charge on any atom is 0.248 e. The first-order valence-electron chi connectivity index (χ1n) is 10.4. The molecule has 3 N–H and O–H groups in total. The van der Waals surface area contributed by atoms with Crippen LogP contribution < -0.4 is 5.73 Å². The van der Waals surface area contributed by atoms with Crippen LogP contribution in [-0.2, 0) is 11.8 Å². The van der Waals surface area contributed by atoms with Crippen LogP contribution in [0.3, 0.4) is 0 Å². The van der Waals surface area contributed by atoms with Crippen LogP contribution in [0.4, 0.5) is 0 Å². The number of carbonyl (C=O) groups excluding carboxylic acids is 1. The molecule has 2 bridgehead atoms. The number of benzene rings is 1. The van der Waals surface area contributed by atoms with E-state index in [0.717, 1.165) is 51.0 Å². The molecule has 5 rings (SSSR count). The molecule has 4 atom stereocenters. The lowest BCUT2D eigenvalue weighted by molar-refractivity contribution is -0.174. The first kappa shape index (κ1) is 16.8. The Hall–Kier alpha value is -1.39. The zero-order valence-corrected chi connectivity index (χ0v) is 15.7. The van der Waals surface area contributed by atoms with Gasteiger partial charge in [0.15, 0.2) is 0 Å². The first-order chi connectivity index (χ1) is 12.5. The van der Waals surface area contributed by atoms with Crippen molar-refractivity contribution in [2.45, 2.75) is 81.4 Å². The molecule has 1 saturated heterocycles. The number of nitrogens with two attached hydrogens (primary N) is 1. The number of fused-ring (bicyclic) bond motifs is 1. The molecule has 1 aliphatic heterocycles. The zero-order chi connectivity index (χ0) is 18.1. The fourth-order valence-corrected chi connectivity index (χ4v) is 6.54. The van der Waals surface area contributed by atoms with Crippen molar-refractivity contribution in [3.8, 4) is 0 Å². The summed E-state index contributed by atoms with van der Waals surface area (Å²) >= 11 is 0. The number of carbonyl (C=O) groups is 1. The Bertz CT molecular complexity index is 759. The van der Waals surface area contributed by atoms with Crippen LogP contribution in [0.1, 0.15) is 73.4 Å². The van der Waals surface area contributed by atoms with Crippen molar-refractivity contribution >= 4 is 5.91 Å². The van der Waals surface area contributed by atoms with E-state index in [1.165, 1.54) is 24.0 Å². The van der Waals surface area contributed by atoms with Gasteiger partial charge in [0.25, 0.3) is 0 Å². The second kappa shape index (κ2) is 5.56. The van der Waals surface area contributed by atoms with Gasteiger partial charge in [-0.05, 0) is 81.2 Å². The molecule has 0 aromatic heterocycles. The van der Waals surface area contributed by atoms with Crippen molar-refractivity contribution in [2.75, 3.05) is 6.54 Å². The smallest absolute Gasteiger partial charge is 0.248 e. The van der Waals surface area contributed by atoms with Crippen molar-refractivity contribution in [1.29, 1.82) is 0 Å². The van der Waals surface area contributed by atoms with Crippen molar-refractivity contribution in [2.24, 2.45) is 11.7 Å². The summed E-state index contributed by atoms with van der Waals surface area (Å²) in [5.41, 5.74) is 7.81. The summed E-state index contributed by atoms with van der Waals surface area (Å²) in [5, 5.41) is 12.1. The van der Waals surface area contributed by atoms with Gasteiger partial charge in [-0.15, -0.1) is 0 Å². The lowest BCUT2D eigenvalue weighted by atomic mass is 9.49. The van der Waals surface area contributed by atoms with Gasteiger partial charge in [0.1, 0.15) is 0 Å². The number of aliphatic hydroxyl groups is 1. The van der Waals surface area contributed by atoms with E-state index in [1.807, 2.05) is 12.1 Å². The van der Waals surface area contributed by atoms with Gasteiger partial charge in [-0.3, -0.25) is 9.69 Å². The van der Waals surface area contributed by atoms with Crippen LogP contribution in [-0.4, -0.2) is 40.1 Å². The average molecular weight is 354 g/mol. The highest BCUT2D eigenvalue weighted by Crippen LogP contribution is 2.59. The number of nitrogens with zero attached hydrogens (tertiary/aromatic N) is 1. The molecule has 4 nitrogen and oxygen atoms in total. The zero-order valence-electron chi connectivity index (χ0n) is 15.7. The van der Waals surface area contributed by atoms with E-state index >= 15 is 0 Å². The molecule has 26 heavy (non-hydrogen) atoms. The molecule has 3 fully saturated rings. The van der Waals surface area contributed by atoms with Crippen molar-refractivity contribution in [3.63, 3.8) is 0 Å². The standard InChI is InChI=1S/C22H30N2O2/c1-14(15-4-5-15)24-11-10-21-8-2-3-9-22(21,26)19(24)13-16-6-7-17(20(23)25)12-18(16)21/h6-7,12,14-15,19,26H,2-5,8-11,13H2,1H3,(H2,23,25)/t14-,19?,21+,22-/m1/s1. The van der Waals surface area contributed by atoms with Crippen molar-refractivity contribution < 1.29 is 9.90 Å². The molecule has 1 aromatic carbocycles. The van der Waals surface area contributed by atoms with Gasteiger partial charge in [0.05, 0.1) is 5.60 Å². The predicted octanol–water partition coefficient (Wildman–Crippen LogP) is 2.76. The third-order valence-corrected chi connectivity index (χ3v) is 8.14. The molecule has 4 heteroatoms. The summed E-state index contributed by atoms with van der Waals surface area (Å²) in [6.07, 6.45) is 8.74. The molecule has 3 aliphatic carbocycles. The predicted molar refractivity (Wildman–Crippen MR) is 101 cm³/mol. The molecule has 0 spiro atoms. The lowest BCUT2D eigenvalue weighted by Gasteiger charge is -2.64. The molecular formula is C22H30N2O2. The monoisotopic (exact) mass is 354 g/mol. The number of hydrogen-bond donors (Lipinski definition) is 2. The summed E-state index contributed by atoms with van der Waals surface area (Å²) in [6.45, 7) is 3.42. The summed E-state index contributed by atoms with van der Waals surface area (Å²) < 4.78 is 0. The van der Waals surface area contributed by atoms with Crippen molar-refractivity contribution in [3.05, 3.63) is 34.9 Å². The number of amides is 1. The first-order valence-corrected chi connectivity index (χ1v) is 10.4. The molecule has 4 aliphatic rings. The Morgan fingerprint density at radius 1 is 1.27 bits per heavy atom. The van der Waals surface area contributed by atoms with Crippen LogP contribution in [0.2, 0.25) is 0 Å². The Morgan fingerprint density at radius 2 is 2.04 bits per heavy atom. The number of hydrogen-bond acceptors (Lipinski definition) is 3.